The smallest absolute Gasteiger partial charge is 0.320 e. The monoisotopic (exact) mass is 262 g/mol. The molecule has 102 valence electrons. The van der Waals surface area contributed by atoms with E-state index in [9.17, 15) is 9.59 Å². The maximum atomic E-state index is 11.6. The predicted molar refractivity (Wildman–Crippen MR) is 73.1 cm³/mol. The van der Waals surface area contributed by atoms with Gasteiger partial charge in [-0.15, -0.1) is 0 Å². The molecule has 0 radical (unpaired) electrons. The quantitative estimate of drug-likeness (QED) is 0.868. The molecule has 0 aromatic carbocycles. The summed E-state index contributed by atoms with van der Waals surface area (Å²) >= 11 is 0. The zero-order valence-electron chi connectivity index (χ0n) is 11.0. The molecular formula is C13H18N4O2. The Morgan fingerprint density at radius 2 is 2.32 bits per heavy atom. The minimum absolute atomic E-state index is 0.128. The highest BCUT2D eigenvalue weighted by atomic mass is 16.2. The highest BCUT2D eigenvalue weighted by molar-refractivity contribution is 5.95. The van der Waals surface area contributed by atoms with E-state index in [4.69, 9.17) is 0 Å². The first-order valence-electron chi connectivity index (χ1n) is 6.52. The molecule has 1 aromatic heterocycles. The lowest BCUT2D eigenvalue weighted by Crippen LogP contribution is -2.29. The van der Waals surface area contributed by atoms with E-state index < -0.39 is 0 Å². The average Bonchev–Trinajstić information content (AvgIpc) is 2.83. The Balaban J connectivity index is 1.94. The summed E-state index contributed by atoms with van der Waals surface area (Å²) in [6.07, 6.45) is 3.98. The molecule has 6 heteroatoms. The van der Waals surface area contributed by atoms with Crippen LogP contribution in [0.1, 0.15) is 26.2 Å². The van der Waals surface area contributed by atoms with Gasteiger partial charge in [0.05, 0.1) is 11.9 Å². The fourth-order valence-corrected chi connectivity index (χ4v) is 1.94. The number of carbonyl (C=O) groups excluding carboxylic acids is 2. The van der Waals surface area contributed by atoms with Crippen molar-refractivity contribution in [2.24, 2.45) is 0 Å². The second-order valence-electron chi connectivity index (χ2n) is 4.43. The summed E-state index contributed by atoms with van der Waals surface area (Å²) in [7, 11) is 0. The van der Waals surface area contributed by atoms with Crippen LogP contribution in [0.3, 0.4) is 0 Å². The lowest BCUT2D eigenvalue weighted by Gasteiger charge is -2.15. The van der Waals surface area contributed by atoms with Crippen LogP contribution in [0.4, 0.5) is 16.3 Å². The van der Waals surface area contributed by atoms with Crippen molar-refractivity contribution in [3.8, 4) is 0 Å². The van der Waals surface area contributed by atoms with Gasteiger partial charge < -0.3 is 10.2 Å². The highest BCUT2D eigenvalue weighted by Crippen LogP contribution is 2.21. The maximum Gasteiger partial charge on any atom is 0.320 e. The summed E-state index contributed by atoms with van der Waals surface area (Å²) < 4.78 is 0. The van der Waals surface area contributed by atoms with Gasteiger partial charge in [0.2, 0.25) is 5.91 Å². The Kier molecular flexibility index (Phi) is 4.33. The molecule has 6 nitrogen and oxygen atoms in total. The molecule has 2 heterocycles. The van der Waals surface area contributed by atoms with E-state index in [1.54, 1.807) is 23.2 Å². The number of pyridine rings is 1. The molecule has 1 aliphatic rings. The Bertz CT molecular complexity index is 458. The fourth-order valence-electron chi connectivity index (χ4n) is 1.94. The zero-order valence-corrected chi connectivity index (χ0v) is 11.0. The molecule has 1 aliphatic heterocycles. The third-order valence-electron chi connectivity index (χ3n) is 2.91. The molecule has 0 atom stereocenters. The fraction of sp³-hybridized carbons (Fsp3) is 0.462. The van der Waals surface area contributed by atoms with Gasteiger partial charge in [-0.1, -0.05) is 6.92 Å². The van der Waals surface area contributed by atoms with Gasteiger partial charge in [-0.25, -0.2) is 9.78 Å². The molecule has 1 aromatic rings. The van der Waals surface area contributed by atoms with Gasteiger partial charge in [0, 0.05) is 19.5 Å². The molecule has 2 rings (SSSR count). The first-order valence-corrected chi connectivity index (χ1v) is 6.52. The summed E-state index contributed by atoms with van der Waals surface area (Å²) in [6, 6.07) is 3.23. The molecule has 0 spiro atoms. The number of hydrogen-bond donors (Lipinski definition) is 2. The number of carbonyl (C=O) groups is 2. The van der Waals surface area contributed by atoms with Crippen LogP contribution in [-0.4, -0.2) is 30.0 Å². The van der Waals surface area contributed by atoms with Crippen molar-refractivity contribution in [2.45, 2.75) is 26.2 Å². The second-order valence-corrected chi connectivity index (χ2v) is 4.43. The van der Waals surface area contributed by atoms with Crippen LogP contribution in [0, 0.1) is 0 Å². The first kappa shape index (κ1) is 13.3. The number of hydrogen-bond acceptors (Lipinski definition) is 3. The van der Waals surface area contributed by atoms with Crippen LogP contribution < -0.4 is 15.5 Å². The van der Waals surface area contributed by atoms with Gasteiger partial charge in [-0.3, -0.25) is 10.1 Å². The molecule has 0 unspecified atom stereocenters. The van der Waals surface area contributed by atoms with E-state index in [0.29, 0.717) is 18.8 Å². The molecular weight excluding hydrogens is 244 g/mol. The number of amides is 3. The van der Waals surface area contributed by atoms with Crippen molar-refractivity contribution in [3.63, 3.8) is 0 Å². The van der Waals surface area contributed by atoms with E-state index in [1.807, 2.05) is 6.92 Å². The van der Waals surface area contributed by atoms with Gasteiger partial charge in [-0.2, -0.15) is 0 Å². The van der Waals surface area contributed by atoms with Gasteiger partial charge >= 0.3 is 6.03 Å². The molecule has 1 fully saturated rings. The molecule has 1 saturated heterocycles. The molecule has 0 aliphatic carbocycles. The Morgan fingerprint density at radius 3 is 2.89 bits per heavy atom. The number of nitrogens with one attached hydrogen (secondary N) is 2. The predicted octanol–water partition coefficient (Wildman–Crippen LogP) is 1.74. The minimum Gasteiger partial charge on any atom is -0.338 e. The Labute approximate surface area is 112 Å². The van der Waals surface area contributed by atoms with Crippen molar-refractivity contribution in [3.05, 3.63) is 18.3 Å². The standard InChI is InChI=1S/C13H18N4O2/c1-2-7-14-13(19)16-11-6-5-10(9-15-11)17-8-3-4-12(17)18/h5-6,9H,2-4,7-8H2,1H3,(H2,14,15,16,19). The molecule has 19 heavy (non-hydrogen) atoms. The number of anilines is 2. The lowest BCUT2D eigenvalue weighted by molar-refractivity contribution is -0.117. The van der Waals surface area contributed by atoms with E-state index in [-0.39, 0.29) is 11.9 Å². The Morgan fingerprint density at radius 1 is 1.47 bits per heavy atom. The number of urea groups is 1. The van der Waals surface area contributed by atoms with E-state index >= 15 is 0 Å². The normalized spacial score (nSPS) is 14.6. The van der Waals surface area contributed by atoms with Crippen molar-refractivity contribution in [1.29, 1.82) is 0 Å². The SMILES string of the molecule is CCCNC(=O)Nc1ccc(N2CCCC2=O)cn1. The molecule has 0 saturated carbocycles. The summed E-state index contributed by atoms with van der Waals surface area (Å²) in [5, 5.41) is 5.34. The summed E-state index contributed by atoms with van der Waals surface area (Å²) in [4.78, 5) is 28.9. The summed E-state index contributed by atoms with van der Waals surface area (Å²) in [5.41, 5.74) is 0.780. The second kappa shape index (κ2) is 6.17. The van der Waals surface area contributed by atoms with Crippen molar-refractivity contribution in [2.75, 3.05) is 23.3 Å². The van der Waals surface area contributed by atoms with Crippen LogP contribution in [0.5, 0.6) is 0 Å². The highest BCUT2D eigenvalue weighted by Gasteiger charge is 2.21. The summed E-state index contributed by atoms with van der Waals surface area (Å²) in [6.45, 7) is 3.36. The first-order chi connectivity index (χ1) is 9.20. The summed E-state index contributed by atoms with van der Waals surface area (Å²) in [5.74, 6) is 0.604. The van der Waals surface area contributed by atoms with Crippen LogP contribution in [-0.2, 0) is 4.79 Å². The van der Waals surface area contributed by atoms with Crippen LogP contribution in [0.25, 0.3) is 0 Å². The number of nitrogens with zero attached hydrogens (tertiary/aromatic N) is 2. The lowest BCUT2D eigenvalue weighted by atomic mass is 10.3. The van der Waals surface area contributed by atoms with Crippen molar-refractivity contribution < 1.29 is 9.59 Å². The number of aromatic nitrogens is 1. The zero-order chi connectivity index (χ0) is 13.7. The van der Waals surface area contributed by atoms with Crippen molar-refractivity contribution in [1.82, 2.24) is 10.3 Å². The van der Waals surface area contributed by atoms with Crippen LogP contribution >= 0.6 is 0 Å². The molecule has 2 N–H and O–H groups in total. The van der Waals surface area contributed by atoms with E-state index in [2.05, 4.69) is 15.6 Å². The Hall–Kier alpha value is -2.11. The third kappa shape index (κ3) is 3.43. The van der Waals surface area contributed by atoms with Crippen molar-refractivity contribution >= 4 is 23.4 Å². The minimum atomic E-state index is -0.264. The van der Waals surface area contributed by atoms with Gasteiger partial charge in [0.1, 0.15) is 5.82 Å². The van der Waals surface area contributed by atoms with E-state index in [0.717, 1.165) is 25.1 Å². The van der Waals surface area contributed by atoms with Crippen LogP contribution in [0.15, 0.2) is 18.3 Å². The van der Waals surface area contributed by atoms with Crippen LogP contribution in [0.2, 0.25) is 0 Å². The largest absolute Gasteiger partial charge is 0.338 e. The third-order valence-corrected chi connectivity index (χ3v) is 2.91. The van der Waals surface area contributed by atoms with Gasteiger partial charge in [-0.05, 0) is 25.0 Å². The van der Waals surface area contributed by atoms with Gasteiger partial charge in [0.15, 0.2) is 0 Å². The molecule has 3 amide bonds. The maximum absolute atomic E-state index is 11.6. The average molecular weight is 262 g/mol. The topological polar surface area (TPSA) is 74.3 Å². The van der Waals surface area contributed by atoms with Gasteiger partial charge in [0.25, 0.3) is 0 Å². The van der Waals surface area contributed by atoms with E-state index in [1.165, 1.54) is 0 Å². The molecule has 0 bridgehead atoms. The number of rotatable bonds is 4.